The first-order chi connectivity index (χ1) is 9.74. The highest BCUT2D eigenvalue weighted by atomic mass is 32.2. The molecule has 1 atom stereocenters. The summed E-state index contributed by atoms with van der Waals surface area (Å²) in [4.78, 5) is 8.92. The maximum atomic E-state index is 12.2. The van der Waals surface area contributed by atoms with Crippen LogP contribution in [0.2, 0.25) is 0 Å². The summed E-state index contributed by atoms with van der Waals surface area (Å²) in [5, 5.41) is 3.10. The van der Waals surface area contributed by atoms with E-state index in [9.17, 15) is 4.21 Å². The van der Waals surface area contributed by atoms with Gasteiger partial charge in [0, 0.05) is 28.6 Å². The lowest BCUT2D eigenvalue weighted by Gasteiger charge is -1.96. The average molecular weight is 305 g/mol. The summed E-state index contributed by atoms with van der Waals surface area (Å²) in [5.74, 6) is 0.977. The summed E-state index contributed by atoms with van der Waals surface area (Å²) in [5.41, 5.74) is 2.68. The van der Waals surface area contributed by atoms with Gasteiger partial charge in [-0.3, -0.25) is 4.21 Å². The summed E-state index contributed by atoms with van der Waals surface area (Å²) in [6, 6.07) is 5.85. The second-order valence-corrected chi connectivity index (χ2v) is 6.91. The van der Waals surface area contributed by atoms with Gasteiger partial charge in [-0.25, -0.2) is 9.97 Å². The van der Waals surface area contributed by atoms with Crippen molar-refractivity contribution >= 4 is 27.8 Å². The molecule has 0 aliphatic rings. The van der Waals surface area contributed by atoms with Crippen LogP contribution in [0.3, 0.4) is 0 Å². The van der Waals surface area contributed by atoms with E-state index in [1.165, 1.54) is 0 Å². The SMILES string of the molecule is CCc1nc(CS(=O)Cc2cn3ccccc3n2)cs1. The summed E-state index contributed by atoms with van der Waals surface area (Å²) < 4.78 is 14.1. The second kappa shape index (κ2) is 5.85. The lowest BCUT2D eigenvalue weighted by molar-refractivity contribution is 0.681. The summed E-state index contributed by atoms with van der Waals surface area (Å²) in [7, 11) is -0.969. The van der Waals surface area contributed by atoms with Crippen molar-refractivity contribution in [3.63, 3.8) is 0 Å². The Morgan fingerprint density at radius 3 is 2.85 bits per heavy atom. The molecule has 0 N–H and O–H groups in total. The van der Waals surface area contributed by atoms with Crippen molar-refractivity contribution in [3.05, 3.63) is 52.4 Å². The Labute approximate surface area is 124 Å². The predicted octanol–water partition coefficient (Wildman–Crippen LogP) is 2.80. The first-order valence-electron chi connectivity index (χ1n) is 6.45. The second-order valence-electron chi connectivity index (χ2n) is 4.51. The number of hydrogen-bond acceptors (Lipinski definition) is 4. The highest BCUT2D eigenvalue weighted by Gasteiger charge is 2.09. The Balaban J connectivity index is 1.69. The first-order valence-corrected chi connectivity index (χ1v) is 8.82. The minimum atomic E-state index is -0.969. The maximum Gasteiger partial charge on any atom is 0.137 e. The number of aromatic nitrogens is 3. The lowest BCUT2D eigenvalue weighted by atomic mass is 10.5. The van der Waals surface area contributed by atoms with Crippen LogP contribution in [0.5, 0.6) is 0 Å². The zero-order valence-corrected chi connectivity index (χ0v) is 12.8. The summed E-state index contributed by atoms with van der Waals surface area (Å²) in [6.07, 6.45) is 4.82. The number of hydrogen-bond donors (Lipinski definition) is 0. The van der Waals surface area contributed by atoms with Crippen molar-refractivity contribution in [2.24, 2.45) is 0 Å². The molecule has 0 saturated carbocycles. The monoisotopic (exact) mass is 305 g/mol. The van der Waals surface area contributed by atoms with Crippen LogP contribution in [0.4, 0.5) is 0 Å². The molecule has 0 saturated heterocycles. The van der Waals surface area contributed by atoms with Gasteiger partial charge in [0.1, 0.15) is 5.65 Å². The molecule has 6 heteroatoms. The van der Waals surface area contributed by atoms with Gasteiger partial charge in [0.05, 0.1) is 27.9 Å². The number of pyridine rings is 1. The molecule has 0 bridgehead atoms. The topological polar surface area (TPSA) is 47.3 Å². The number of thiazole rings is 1. The van der Waals surface area contributed by atoms with E-state index in [1.54, 1.807) is 11.3 Å². The minimum Gasteiger partial charge on any atom is -0.307 e. The van der Waals surface area contributed by atoms with Crippen LogP contribution >= 0.6 is 11.3 Å². The van der Waals surface area contributed by atoms with Crippen LogP contribution in [0.25, 0.3) is 5.65 Å². The van der Waals surface area contributed by atoms with Gasteiger partial charge in [0.25, 0.3) is 0 Å². The third-order valence-corrected chi connectivity index (χ3v) is 5.21. The molecule has 3 rings (SSSR count). The molecule has 104 valence electrons. The Morgan fingerprint density at radius 2 is 2.10 bits per heavy atom. The van der Waals surface area contributed by atoms with E-state index in [1.807, 2.05) is 40.4 Å². The number of nitrogens with zero attached hydrogens (tertiary/aromatic N) is 3. The van der Waals surface area contributed by atoms with Crippen molar-refractivity contribution in [3.8, 4) is 0 Å². The van der Waals surface area contributed by atoms with Gasteiger partial charge in [-0.15, -0.1) is 11.3 Å². The van der Waals surface area contributed by atoms with Crippen molar-refractivity contribution in [1.82, 2.24) is 14.4 Å². The van der Waals surface area contributed by atoms with Gasteiger partial charge >= 0.3 is 0 Å². The first kappa shape index (κ1) is 13.5. The molecule has 0 aromatic carbocycles. The van der Waals surface area contributed by atoms with Gasteiger partial charge in [-0.05, 0) is 18.6 Å². The van der Waals surface area contributed by atoms with E-state index < -0.39 is 10.8 Å². The highest BCUT2D eigenvalue weighted by molar-refractivity contribution is 7.83. The zero-order chi connectivity index (χ0) is 13.9. The highest BCUT2D eigenvalue weighted by Crippen LogP contribution is 2.14. The summed E-state index contributed by atoms with van der Waals surface area (Å²) in [6.45, 7) is 2.08. The molecule has 1 unspecified atom stereocenters. The normalized spacial score (nSPS) is 12.8. The molecule has 3 heterocycles. The smallest absolute Gasteiger partial charge is 0.137 e. The van der Waals surface area contributed by atoms with Crippen molar-refractivity contribution in [2.45, 2.75) is 24.9 Å². The van der Waals surface area contributed by atoms with E-state index in [-0.39, 0.29) is 0 Å². The molecule has 0 amide bonds. The molecule has 0 radical (unpaired) electrons. The molecule has 0 fully saturated rings. The van der Waals surface area contributed by atoms with Crippen LogP contribution < -0.4 is 0 Å². The quantitative estimate of drug-likeness (QED) is 0.728. The van der Waals surface area contributed by atoms with Crippen LogP contribution in [0, 0.1) is 0 Å². The van der Waals surface area contributed by atoms with Gasteiger partial charge in [0.15, 0.2) is 0 Å². The van der Waals surface area contributed by atoms with Crippen LogP contribution in [0.15, 0.2) is 36.0 Å². The van der Waals surface area contributed by atoms with E-state index >= 15 is 0 Å². The van der Waals surface area contributed by atoms with Crippen LogP contribution in [-0.2, 0) is 28.7 Å². The number of fused-ring (bicyclic) bond motifs is 1. The third-order valence-electron chi connectivity index (χ3n) is 2.93. The summed E-state index contributed by atoms with van der Waals surface area (Å²) >= 11 is 1.64. The van der Waals surface area contributed by atoms with E-state index in [2.05, 4.69) is 16.9 Å². The number of rotatable bonds is 5. The van der Waals surface area contributed by atoms with Gasteiger partial charge in [-0.2, -0.15) is 0 Å². The number of aryl methyl sites for hydroxylation is 1. The molecule has 0 spiro atoms. The van der Waals surface area contributed by atoms with Crippen molar-refractivity contribution < 1.29 is 4.21 Å². The van der Waals surface area contributed by atoms with Crippen LogP contribution in [0.1, 0.15) is 23.3 Å². The van der Waals surface area contributed by atoms with E-state index in [0.29, 0.717) is 11.5 Å². The number of imidazole rings is 1. The van der Waals surface area contributed by atoms with E-state index in [4.69, 9.17) is 0 Å². The minimum absolute atomic E-state index is 0.473. The predicted molar refractivity (Wildman–Crippen MR) is 82.2 cm³/mol. The fourth-order valence-corrected chi connectivity index (χ4v) is 3.91. The molecule has 0 aliphatic heterocycles. The third kappa shape index (κ3) is 2.96. The molecule has 3 aromatic rings. The molecule has 4 nitrogen and oxygen atoms in total. The zero-order valence-electron chi connectivity index (χ0n) is 11.2. The molecular weight excluding hydrogens is 290 g/mol. The lowest BCUT2D eigenvalue weighted by Crippen LogP contribution is -2.00. The fraction of sp³-hybridized carbons (Fsp3) is 0.286. The van der Waals surface area contributed by atoms with Gasteiger partial charge in [-0.1, -0.05) is 13.0 Å². The molecule has 0 aliphatic carbocycles. The van der Waals surface area contributed by atoms with E-state index in [0.717, 1.165) is 28.5 Å². The average Bonchev–Trinajstić information content (AvgIpc) is 3.04. The largest absolute Gasteiger partial charge is 0.307 e. The Hall–Kier alpha value is -1.53. The fourth-order valence-electron chi connectivity index (χ4n) is 2.02. The molecular formula is C14H15N3OS2. The van der Waals surface area contributed by atoms with Crippen molar-refractivity contribution in [2.75, 3.05) is 0 Å². The van der Waals surface area contributed by atoms with Crippen LogP contribution in [-0.4, -0.2) is 18.6 Å². The molecule has 3 aromatic heterocycles. The van der Waals surface area contributed by atoms with Gasteiger partial charge in [0.2, 0.25) is 0 Å². The van der Waals surface area contributed by atoms with Crippen molar-refractivity contribution in [1.29, 1.82) is 0 Å². The maximum absolute atomic E-state index is 12.2. The Bertz CT molecular complexity index is 715. The Kier molecular flexibility index (Phi) is 3.93. The Morgan fingerprint density at radius 1 is 1.25 bits per heavy atom. The standard InChI is InChI=1S/C14H15N3OS2/c1-2-14-16-12(8-19-14)10-20(18)9-11-7-17-6-4-3-5-13(17)15-11/h3-8H,2,9-10H2,1H3. The van der Waals surface area contributed by atoms with Gasteiger partial charge < -0.3 is 4.40 Å². The molecule has 20 heavy (non-hydrogen) atoms.